The first-order valence-corrected chi connectivity index (χ1v) is 7.28. The van der Waals surface area contributed by atoms with E-state index in [1.165, 1.54) is 0 Å². The Morgan fingerprint density at radius 3 is 2.27 bits per heavy atom. The van der Waals surface area contributed by atoms with Crippen LogP contribution in [0.1, 0.15) is 5.56 Å². The highest BCUT2D eigenvalue weighted by molar-refractivity contribution is 6.35. The highest BCUT2D eigenvalue weighted by Gasteiger charge is 2.04. The van der Waals surface area contributed by atoms with Gasteiger partial charge in [0.2, 0.25) is 5.91 Å². The van der Waals surface area contributed by atoms with Crippen molar-refractivity contribution in [3.63, 3.8) is 0 Å². The largest absolute Gasteiger partial charge is 0.376 e. The fraction of sp³-hybridized carbons (Fsp3) is 0.125. The van der Waals surface area contributed by atoms with Crippen LogP contribution in [0.15, 0.2) is 42.5 Å². The Morgan fingerprint density at radius 2 is 1.68 bits per heavy atom. The molecule has 0 heterocycles. The van der Waals surface area contributed by atoms with Gasteiger partial charge in [0.15, 0.2) is 0 Å². The van der Waals surface area contributed by atoms with Crippen LogP contribution in [0.4, 0.5) is 11.4 Å². The number of carbonyl (C=O) groups excluding carboxylic acids is 1. The SMILES string of the molecule is N#CCc1ccc(NC(=O)CNc2cc(Cl)cc(Cl)c2)cc1. The number of hydrogen-bond donors (Lipinski definition) is 2. The minimum absolute atomic E-state index is 0.0939. The lowest BCUT2D eigenvalue weighted by Gasteiger charge is -2.09. The maximum absolute atomic E-state index is 11.9. The van der Waals surface area contributed by atoms with Gasteiger partial charge in [-0.15, -0.1) is 0 Å². The number of nitrogens with zero attached hydrogens (tertiary/aromatic N) is 1. The molecule has 6 heteroatoms. The van der Waals surface area contributed by atoms with E-state index in [9.17, 15) is 4.79 Å². The number of rotatable bonds is 5. The number of nitriles is 1. The smallest absolute Gasteiger partial charge is 0.243 e. The molecule has 2 aromatic rings. The molecule has 22 heavy (non-hydrogen) atoms. The lowest BCUT2D eigenvalue weighted by atomic mass is 10.1. The molecule has 112 valence electrons. The fourth-order valence-electron chi connectivity index (χ4n) is 1.84. The molecule has 1 amide bonds. The molecule has 0 spiro atoms. The van der Waals surface area contributed by atoms with Gasteiger partial charge in [-0.05, 0) is 35.9 Å². The zero-order chi connectivity index (χ0) is 15.9. The van der Waals surface area contributed by atoms with Gasteiger partial charge in [0.25, 0.3) is 0 Å². The molecule has 2 N–H and O–H groups in total. The normalized spacial score (nSPS) is 9.86. The Balaban J connectivity index is 1.88. The van der Waals surface area contributed by atoms with Gasteiger partial charge in [-0.25, -0.2) is 0 Å². The van der Waals surface area contributed by atoms with Crippen molar-refractivity contribution in [1.82, 2.24) is 0 Å². The monoisotopic (exact) mass is 333 g/mol. The molecule has 0 unspecified atom stereocenters. The molecule has 0 saturated carbocycles. The molecule has 4 nitrogen and oxygen atoms in total. The summed E-state index contributed by atoms with van der Waals surface area (Å²) in [6, 6.07) is 14.2. The molecule has 0 atom stereocenters. The van der Waals surface area contributed by atoms with Crippen LogP contribution in [0.25, 0.3) is 0 Å². The van der Waals surface area contributed by atoms with E-state index in [0.29, 0.717) is 27.8 Å². The van der Waals surface area contributed by atoms with Gasteiger partial charge in [0.05, 0.1) is 19.0 Å². The minimum atomic E-state index is -0.191. The highest BCUT2D eigenvalue weighted by Crippen LogP contribution is 2.22. The number of carbonyl (C=O) groups is 1. The molecule has 0 aliphatic heterocycles. The Morgan fingerprint density at radius 1 is 1.05 bits per heavy atom. The second-order valence-corrected chi connectivity index (χ2v) is 5.46. The summed E-state index contributed by atoms with van der Waals surface area (Å²) in [4.78, 5) is 11.9. The summed E-state index contributed by atoms with van der Waals surface area (Å²) in [7, 11) is 0. The van der Waals surface area contributed by atoms with Crippen molar-refractivity contribution in [3.05, 3.63) is 58.1 Å². The lowest BCUT2D eigenvalue weighted by Crippen LogP contribution is -2.21. The van der Waals surface area contributed by atoms with Gasteiger partial charge in [-0.1, -0.05) is 35.3 Å². The summed E-state index contributed by atoms with van der Waals surface area (Å²) >= 11 is 11.8. The Hall–Kier alpha value is -2.22. The zero-order valence-corrected chi connectivity index (χ0v) is 13.1. The van der Waals surface area contributed by atoms with E-state index >= 15 is 0 Å². The third kappa shape index (κ3) is 4.96. The number of hydrogen-bond acceptors (Lipinski definition) is 3. The van der Waals surface area contributed by atoms with E-state index in [0.717, 1.165) is 5.56 Å². The minimum Gasteiger partial charge on any atom is -0.376 e. The second-order valence-electron chi connectivity index (χ2n) is 4.59. The maximum atomic E-state index is 11.9. The van der Waals surface area contributed by atoms with Crippen molar-refractivity contribution in [1.29, 1.82) is 5.26 Å². The predicted octanol–water partition coefficient (Wildman–Crippen LogP) is 4.11. The number of amides is 1. The average molecular weight is 334 g/mol. The fourth-order valence-corrected chi connectivity index (χ4v) is 2.37. The Bertz CT molecular complexity index is 688. The first-order chi connectivity index (χ1) is 10.6. The molecule has 2 aromatic carbocycles. The van der Waals surface area contributed by atoms with Crippen molar-refractivity contribution in [2.75, 3.05) is 17.2 Å². The first-order valence-electron chi connectivity index (χ1n) is 6.52. The summed E-state index contributed by atoms with van der Waals surface area (Å²) in [6.45, 7) is 0.0939. The predicted molar refractivity (Wildman–Crippen MR) is 89.3 cm³/mol. The van der Waals surface area contributed by atoms with Crippen LogP contribution in [-0.2, 0) is 11.2 Å². The van der Waals surface area contributed by atoms with E-state index < -0.39 is 0 Å². The molecule has 0 aromatic heterocycles. The van der Waals surface area contributed by atoms with Gasteiger partial charge in [0.1, 0.15) is 0 Å². The van der Waals surface area contributed by atoms with Crippen molar-refractivity contribution in [3.8, 4) is 6.07 Å². The Kier molecular flexibility index (Phi) is 5.65. The molecular formula is C16H13Cl2N3O. The van der Waals surface area contributed by atoms with Crippen LogP contribution in [0.5, 0.6) is 0 Å². The van der Waals surface area contributed by atoms with E-state index in [-0.39, 0.29) is 12.5 Å². The van der Waals surface area contributed by atoms with E-state index in [1.54, 1.807) is 30.3 Å². The summed E-state index contributed by atoms with van der Waals surface area (Å²) in [5.74, 6) is -0.191. The first kappa shape index (κ1) is 16.2. The van der Waals surface area contributed by atoms with Gasteiger partial charge in [-0.2, -0.15) is 5.26 Å². The molecule has 2 rings (SSSR count). The molecule has 0 saturated heterocycles. The number of benzene rings is 2. The van der Waals surface area contributed by atoms with E-state index in [4.69, 9.17) is 28.5 Å². The number of halogens is 2. The summed E-state index contributed by atoms with van der Waals surface area (Å²) in [5, 5.41) is 15.3. The third-order valence-electron chi connectivity index (χ3n) is 2.84. The molecule has 0 aliphatic carbocycles. The molecule has 0 fully saturated rings. The van der Waals surface area contributed by atoms with Crippen LogP contribution < -0.4 is 10.6 Å². The summed E-state index contributed by atoms with van der Waals surface area (Å²) in [6.07, 6.45) is 0.352. The molecule has 0 radical (unpaired) electrons. The summed E-state index contributed by atoms with van der Waals surface area (Å²) < 4.78 is 0. The average Bonchev–Trinajstić information content (AvgIpc) is 2.47. The standard InChI is InChI=1S/C16H13Cl2N3O/c17-12-7-13(18)9-15(8-12)20-10-16(22)21-14-3-1-11(2-4-14)5-6-19/h1-4,7-9,20H,5,10H2,(H,21,22). The lowest BCUT2D eigenvalue weighted by molar-refractivity contribution is -0.114. The van der Waals surface area contributed by atoms with E-state index in [1.807, 2.05) is 12.1 Å². The van der Waals surface area contributed by atoms with Crippen molar-refractivity contribution >= 4 is 40.5 Å². The van der Waals surface area contributed by atoms with Gasteiger partial charge < -0.3 is 10.6 Å². The van der Waals surface area contributed by atoms with Gasteiger partial charge in [-0.3, -0.25) is 4.79 Å². The summed E-state index contributed by atoms with van der Waals surface area (Å²) in [5.41, 5.74) is 2.27. The Labute approximate surface area is 138 Å². The van der Waals surface area contributed by atoms with Gasteiger partial charge >= 0.3 is 0 Å². The van der Waals surface area contributed by atoms with Gasteiger partial charge in [0, 0.05) is 21.4 Å². The van der Waals surface area contributed by atoms with Crippen molar-refractivity contribution in [2.24, 2.45) is 0 Å². The topological polar surface area (TPSA) is 64.9 Å². The van der Waals surface area contributed by atoms with Crippen LogP contribution in [0, 0.1) is 11.3 Å². The van der Waals surface area contributed by atoms with Crippen LogP contribution in [0.2, 0.25) is 10.0 Å². The van der Waals surface area contributed by atoms with Crippen LogP contribution >= 0.6 is 23.2 Å². The number of anilines is 2. The zero-order valence-electron chi connectivity index (χ0n) is 11.6. The van der Waals surface area contributed by atoms with Crippen LogP contribution in [-0.4, -0.2) is 12.5 Å². The number of nitrogens with one attached hydrogen (secondary N) is 2. The maximum Gasteiger partial charge on any atom is 0.243 e. The molecule has 0 aliphatic rings. The highest BCUT2D eigenvalue weighted by atomic mass is 35.5. The van der Waals surface area contributed by atoms with Crippen molar-refractivity contribution in [2.45, 2.75) is 6.42 Å². The third-order valence-corrected chi connectivity index (χ3v) is 3.27. The van der Waals surface area contributed by atoms with E-state index in [2.05, 4.69) is 16.7 Å². The quantitative estimate of drug-likeness (QED) is 0.865. The van der Waals surface area contributed by atoms with Crippen molar-refractivity contribution < 1.29 is 4.79 Å². The molecule has 0 bridgehead atoms. The second kappa shape index (κ2) is 7.69. The van der Waals surface area contributed by atoms with Crippen LogP contribution in [0.3, 0.4) is 0 Å². The molecular weight excluding hydrogens is 321 g/mol.